The number of rotatable bonds is 5. The van der Waals surface area contributed by atoms with Gasteiger partial charge in [0.05, 0.1) is 12.1 Å². The maximum Gasteiger partial charge on any atom is 0.0955 e. The summed E-state index contributed by atoms with van der Waals surface area (Å²) in [5.74, 6) is 0.400. The number of hydrogen-bond donors (Lipinski definition) is 2. The van der Waals surface area contributed by atoms with Gasteiger partial charge in [-0.05, 0) is 35.0 Å². The molecule has 0 saturated carbocycles. The van der Waals surface area contributed by atoms with Gasteiger partial charge in [-0.1, -0.05) is 19.1 Å². The molecule has 92 valence electrons. The lowest BCUT2D eigenvalue weighted by atomic mass is 10.0. The highest BCUT2D eigenvalue weighted by atomic mass is 35.5. The standard InChI is InChI=1S/C13H16ClNOS/c1-2-15-11(8-14)13(16)10-4-3-9-5-6-17-12(9)7-10/h3-7,11,13,15-16H,2,8H2,1H3. The van der Waals surface area contributed by atoms with Crippen LogP contribution in [0.1, 0.15) is 18.6 Å². The Kier molecular flexibility index (Phi) is 4.40. The molecule has 17 heavy (non-hydrogen) atoms. The molecule has 1 aromatic carbocycles. The van der Waals surface area contributed by atoms with Crippen LogP contribution in [0.25, 0.3) is 10.1 Å². The molecule has 2 atom stereocenters. The van der Waals surface area contributed by atoms with Crippen molar-refractivity contribution < 1.29 is 5.11 Å². The van der Waals surface area contributed by atoms with Gasteiger partial charge in [0.15, 0.2) is 0 Å². The fourth-order valence-corrected chi connectivity index (χ4v) is 3.02. The number of hydrogen-bond acceptors (Lipinski definition) is 3. The van der Waals surface area contributed by atoms with Gasteiger partial charge in [0.25, 0.3) is 0 Å². The second-order valence-electron chi connectivity index (χ2n) is 3.98. The van der Waals surface area contributed by atoms with Crippen LogP contribution >= 0.6 is 22.9 Å². The molecule has 1 aromatic heterocycles. The molecule has 2 N–H and O–H groups in total. The number of fused-ring (bicyclic) bond motifs is 1. The van der Waals surface area contributed by atoms with E-state index in [1.807, 2.05) is 25.1 Å². The van der Waals surface area contributed by atoms with Gasteiger partial charge in [-0.25, -0.2) is 0 Å². The second-order valence-corrected chi connectivity index (χ2v) is 5.24. The monoisotopic (exact) mass is 269 g/mol. The Labute approximate surface area is 110 Å². The van der Waals surface area contributed by atoms with Crippen molar-refractivity contribution in [2.24, 2.45) is 0 Å². The summed E-state index contributed by atoms with van der Waals surface area (Å²) in [5.41, 5.74) is 0.923. The van der Waals surface area contributed by atoms with Crippen molar-refractivity contribution in [1.82, 2.24) is 5.32 Å². The number of aliphatic hydroxyl groups is 1. The molecule has 0 aliphatic rings. The molecule has 0 spiro atoms. The Bertz CT molecular complexity index is 485. The Balaban J connectivity index is 2.24. The molecule has 4 heteroatoms. The van der Waals surface area contributed by atoms with Crippen LogP contribution in [0, 0.1) is 0 Å². The van der Waals surface area contributed by atoms with Crippen LogP contribution in [0.2, 0.25) is 0 Å². The Morgan fingerprint density at radius 1 is 1.41 bits per heavy atom. The van der Waals surface area contributed by atoms with Crippen LogP contribution in [-0.4, -0.2) is 23.6 Å². The fourth-order valence-electron chi connectivity index (χ4n) is 1.90. The number of thiophene rings is 1. The normalized spacial score (nSPS) is 15.0. The molecule has 2 aromatic rings. The zero-order chi connectivity index (χ0) is 12.3. The van der Waals surface area contributed by atoms with E-state index in [0.717, 1.165) is 12.1 Å². The number of aliphatic hydroxyl groups excluding tert-OH is 1. The third-order valence-corrected chi connectivity index (χ3v) is 4.05. The average Bonchev–Trinajstić information content (AvgIpc) is 2.82. The zero-order valence-corrected chi connectivity index (χ0v) is 11.3. The number of nitrogens with one attached hydrogen (secondary N) is 1. The number of alkyl halides is 1. The average molecular weight is 270 g/mol. The Morgan fingerprint density at radius 3 is 2.94 bits per heavy atom. The predicted molar refractivity (Wildman–Crippen MR) is 75.0 cm³/mol. The molecular formula is C13H16ClNOS. The van der Waals surface area contributed by atoms with Gasteiger partial charge < -0.3 is 10.4 Å². The summed E-state index contributed by atoms with van der Waals surface area (Å²) in [7, 11) is 0. The van der Waals surface area contributed by atoms with E-state index in [9.17, 15) is 5.11 Å². The van der Waals surface area contributed by atoms with E-state index in [0.29, 0.717) is 5.88 Å². The van der Waals surface area contributed by atoms with Crippen LogP contribution in [0.15, 0.2) is 29.6 Å². The third-order valence-electron chi connectivity index (χ3n) is 2.84. The van der Waals surface area contributed by atoms with Crippen molar-refractivity contribution in [3.8, 4) is 0 Å². The van der Waals surface area contributed by atoms with E-state index in [2.05, 4.69) is 16.8 Å². The lowest BCUT2D eigenvalue weighted by molar-refractivity contribution is 0.138. The highest BCUT2D eigenvalue weighted by Crippen LogP contribution is 2.26. The van der Waals surface area contributed by atoms with Crippen LogP contribution < -0.4 is 5.32 Å². The maximum atomic E-state index is 10.3. The van der Waals surface area contributed by atoms with E-state index in [4.69, 9.17) is 11.6 Å². The van der Waals surface area contributed by atoms with Crippen molar-refractivity contribution in [2.75, 3.05) is 12.4 Å². The first kappa shape index (κ1) is 12.8. The minimum atomic E-state index is -0.557. The summed E-state index contributed by atoms with van der Waals surface area (Å²) in [6.07, 6.45) is -0.557. The summed E-state index contributed by atoms with van der Waals surface area (Å²) in [5, 5.41) is 16.7. The van der Waals surface area contributed by atoms with E-state index >= 15 is 0 Å². The lowest BCUT2D eigenvalue weighted by Crippen LogP contribution is -2.36. The minimum Gasteiger partial charge on any atom is -0.387 e. The minimum absolute atomic E-state index is 0.0981. The summed E-state index contributed by atoms with van der Waals surface area (Å²) < 4.78 is 1.20. The Morgan fingerprint density at radius 2 is 2.24 bits per heavy atom. The van der Waals surface area contributed by atoms with Crippen LogP contribution in [0.4, 0.5) is 0 Å². The number of likely N-dealkylation sites (N-methyl/N-ethyl adjacent to an activating group) is 1. The second kappa shape index (κ2) is 5.83. The summed E-state index contributed by atoms with van der Waals surface area (Å²) >= 11 is 7.56. The molecule has 1 heterocycles. The molecule has 0 bridgehead atoms. The maximum absolute atomic E-state index is 10.3. The molecule has 0 aliphatic heterocycles. The van der Waals surface area contributed by atoms with Gasteiger partial charge in [0, 0.05) is 10.6 Å². The molecule has 0 radical (unpaired) electrons. The van der Waals surface area contributed by atoms with Crippen LogP contribution in [0.5, 0.6) is 0 Å². The molecule has 0 amide bonds. The molecular weight excluding hydrogens is 254 g/mol. The first-order valence-corrected chi connectivity index (χ1v) is 7.12. The van der Waals surface area contributed by atoms with Gasteiger partial charge in [-0.15, -0.1) is 22.9 Å². The largest absolute Gasteiger partial charge is 0.387 e. The zero-order valence-electron chi connectivity index (χ0n) is 9.69. The van der Waals surface area contributed by atoms with Crippen molar-refractivity contribution in [3.63, 3.8) is 0 Å². The smallest absolute Gasteiger partial charge is 0.0955 e. The lowest BCUT2D eigenvalue weighted by Gasteiger charge is -2.21. The van der Waals surface area contributed by atoms with Crippen molar-refractivity contribution in [1.29, 1.82) is 0 Å². The number of benzene rings is 1. The molecule has 0 fully saturated rings. The van der Waals surface area contributed by atoms with Gasteiger partial charge in [-0.2, -0.15) is 0 Å². The summed E-state index contributed by atoms with van der Waals surface area (Å²) in [6.45, 7) is 2.81. The highest BCUT2D eigenvalue weighted by Gasteiger charge is 2.19. The van der Waals surface area contributed by atoms with E-state index in [1.54, 1.807) is 11.3 Å². The van der Waals surface area contributed by atoms with Crippen molar-refractivity contribution >= 4 is 33.0 Å². The highest BCUT2D eigenvalue weighted by molar-refractivity contribution is 7.17. The first-order valence-electron chi connectivity index (χ1n) is 5.70. The van der Waals surface area contributed by atoms with Crippen molar-refractivity contribution in [2.45, 2.75) is 19.1 Å². The first-order chi connectivity index (χ1) is 8.26. The fraction of sp³-hybridized carbons (Fsp3) is 0.385. The predicted octanol–water partition coefficient (Wildman–Crippen LogP) is 3.15. The van der Waals surface area contributed by atoms with Crippen molar-refractivity contribution in [3.05, 3.63) is 35.2 Å². The molecule has 0 saturated heterocycles. The molecule has 2 nitrogen and oxygen atoms in total. The topological polar surface area (TPSA) is 32.3 Å². The van der Waals surface area contributed by atoms with E-state index in [1.165, 1.54) is 10.1 Å². The van der Waals surface area contributed by atoms with Gasteiger partial charge in [0.2, 0.25) is 0 Å². The van der Waals surface area contributed by atoms with Crippen LogP contribution in [0.3, 0.4) is 0 Å². The molecule has 2 unspecified atom stereocenters. The van der Waals surface area contributed by atoms with E-state index in [-0.39, 0.29) is 6.04 Å². The van der Waals surface area contributed by atoms with Gasteiger partial charge in [0.1, 0.15) is 0 Å². The third kappa shape index (κ3) is 2.80. The molecule has 0 aliphatic carbocycles. The Hall–Kier alpha value is -0.610. The number of halogens is 1. The summed E-state index contributed by atoms with van der Waals surface area (Å²) in [4.78, 5) is 0. The van der Waals surface area contributed by atoms with Gasteiger partial charge >= 0.3 is 0 Å². The van der Waals surface area contributed by atoms with Gasteiger partial charge in [-0.3, -0.25) is 0 Å². The van der Waals surface area contributed by atoms with E-state index < -0.39 is 6.10 Å². The quantitative estimate of drug-likeness (QED) is 0.818. The summed E-state index contributed by atoms with van der Waals surface area (Å²) in [6, 6.07) is 8.04. The van der Waals surface area contributed by atoms with Crippen LogP contribution in [-0.2, 0) is 0 Å². The SMILES string of the molecule is CCNC(CCl)C(O)c1ccc2ccsc2c1. The molecule has 2 rings (SSSR count).